The van der Waals surface area contributed by atoms with Crippen molar-refractivity contribution in [2.75, 3.05) is 26.7 Å². The second-order valence-electron chi connectivity index (χ2n) is 8.14. The summed E-state index contributed by atoms with van der Waals surface area (Å²) in [5, 5.41) is 6.99. The minimum absolute atomic E-state index is 0. The van der Waals surface area contributed by atoms with Crippen molar-refractivity contribution >= 4 is 41.0 Å². The molecule has 1 unspecified atom stereocenters. The van der Waals surface area contributed by atoms with Crippen molar-refractivity contribution in [1.29, 1.82) is 0 Å². The number of nitrogens with zero attached hydrogens (tertiary/aromatic N) is 4. The second-order valence-corrected chi connectivity index (χ2v) is 8.14. The predicted octanol–water partition coefficient (Wildman–Crippen LogP) is 3.76. The van der Waals surface area contributed by atoms with Crippen molar-refractivity contribution in [3.05, 3.63) is 30.1 Å². The van der Waals surface area contributed by atoms with Gasteiger partial charge in [-0.25, -0.2) is 4.98 Å². The van der Waals surface area contributed by atoms with Crippen LogP contribution in [0.3, 0.4) is 0 Å². The van der Waals surface area contributed by atoms with Gasteiger partial charge >= 0.3 is 0 Å². The molecule has 0 amide bonds. The molecule has 1 atom stereocenters. The number of imidazole rings is 1. The first kappa shape index (κ1) is 23.9. The average Bonchev–Trinajstić information content (AvgIpc) is 2.86. The van der Waals surface area contributed by atoms with Gasteiger partial charge < -0.3 is 15.2 Å². The highest BCUT2D eigenvalue weighted by molar-refractivity contribution is 14.0. The highest BCUT2D eigenvalue weighted by Gasteiger charge is 2.23. The van der Waals surface area contributed by atoms with Crippen LogP contribution in [-0.2, 0) is 13.6 Å². The number of para-hydroxylation sites is 2. The molecule has 0 aliphatic carbocycles. The highest BCUT2D eigenvalue weighted by Crippen LogP contribution is 2.17. The predicted molar refractivity (Wildman–Crippen MR) is 133 cm³/mol. The third-order valence-electron chi connectivity index (χ3n) is 5.88. The number of likely N-dealkylation sites (tertiary alicyclic amines) is 1. The van der Waals surface area contributed by atoms with Gasteiger partial charge in [0.15, 0.2) is 5.96 Å². The van der Waals surface area contributed by atoms with Gasteiger partial charge in [0.2, 0.25) is 0 Å². The van der Waals surface area contributed by atoms with E-state index in [4.69, 9.17) is 4.98 Å². The topological polar surface area (TPSA) is 57.5 Å². The van der Waals surface area contributed by atoms with Crippen molar-refractivity contribution in [1.82, 2.24) is 25.1 Å². The molecule has 2 heterocycles. The van der Waals surface area contributed by atoms with Gasteiger partial charge in [-0.2, -0.15) is 0 Å². The van der Waals surface area contributed by atoms with Gasteiger partial charge in [0.05, 0.1) is 17.6 Å². The van der Waals surface area contributed by atoms with Gasteiger partial charge in [-0.05, 0) is 44.0 Å². The van der Waals surface area contributed by atoms with Crippen LogP contribution in [0.4, 0.5) is 0 Å². The Morgan fingerprint density at radius 3 is 2.41 bits per heavy atom. The van der Waals surface area contributed by atoms with Crippen LogP contribution in [0.2, 0.25) is 0 Å². The van der Waals surface area contributed by atoms with E-state index in [1.165, 1.54) is 38.8 Å². The van der Waals surface area contributed by atoms with Crippen molar-refractivity contribution in [2.24, 2.45) is 18.0 Å². The molecule has 162 valence electrons. The van der Waals surface area contributed by atoms with E-state index in [2.05, 4.69) is 64.2 Å². The SMILES string of the molecule is CN=C(NCc1nc2ccccc2n1C)NCC(C(C)C)N1CCCCCC1.I. The molecule has 6 nitrogen and oxygen atoms in total. The maximum Gasteiger partial charge on any atom is 0.191 e. The number of hydrogen-bond donors (Lipinski definition) is 2. The molecule has 1 saturated heterocycles. The van der Waals surface area contributed by atoms with Gasteiger partial charge in [-0.15, -0.1) is 24.0 Å². The summed E-state index contributed by atoms with van der Waals surface area (Å²) < 4.78 is 2.14. The normalized spacial score (nSPS) is 17.1. The summed E-state index contributed by atoms with van der Waals surface area (Å²) in [7, 11) is 3.90. The van der Waals surface area contributed by atoms with Crippen LogP contribution in [0.5, 0.6) is 0 Å². The molecule has 2 N–H and O–H groups in total. The summed E-state index contributed by atoms with van der Waals surface area (Å²) in [4.78, 5) is 11.8. The molecule has 29 heavy (non-hydrogen) atoms. The van der Waals surface area contributed by atoms with E-state index in [1.54, 1.807) is 0 Å². The van der Waals surface area contributed by atoms with E-state index in [-0.39, 0.29) is 24.0 Å². The van der Waals surface area contributed by atoms with Gasteiger partial charge in [-0.1, -0.05) is 38.8 Å². The number of rotatable bonds is 6. The molecule has 0 spiro atoms. The molecule has 1 aromatic heterocycles. The third kappa shape index (κ3) is 6.31. The number of benzene rings is 1. The van der Waals surface area contributed by atoms with E-state index in [9.17, 15) is 0 Å². The third-order valence-corrected chi connectivity index (χ3v) is 5.88. The molecule has 2 aromatic rings. The largest absolute Gasteiger partial charge is 0.355 e. The van der Waals surface area contributed by atoms with Crippen LogP contribution in [0.15, 0.2) is 29.3 Å². The molecule has 3 rings (SSSR count). The Balaban J connectivity index is 0.00000300. The molecule has 1 aliphatic rings. The van der Waals surface area contributed by atoms with E-state index >= 15 is 0 Å². The van der Waals surface area contributed by atoms with Gasteiger partial charge in [0.25, 0.3) is 0 Å². The number of fused-ring (bicyclic) bond motifs is 1. The van der Waals surface area contributed by atoms with E-state index in [0.29, 0.717) is 18.5 Å². The highest BCUT2D eigenvalue weighted by atomic mass is 127. The van der Waals surface area contributed by atoms with Gasteiger partial charge in [0.1, 0.15) is 5.82 Å². The first-order valence-electron chi connectivity index (χ1n) is 10.7. The maximum absolute atomic E-state index is 4.74. The number of hydrogen-bond acceptors (Lipinski definition) is 3. The Hall–Kier alpha value is -1.35. The molecule has 7 heteroatoms. The Morgan fingerprint density at radius 2 is 1.79 bits per heavy atom. The van der Waals surface area contributed by atoms with Crippen molar-refractivity contribution in [3.63, 3.8) is 0 Å². The summed E-state index contributed by atoms with van der Waals surface area (Å²) in [5.74, 6) is 2.47. The molecule has 1 aromatic carbocycles. The molecule has 0 saturated carbocycles. The summed E-state index contributed by atoms with van der Waals surface area (Å²) >= 11 is 0. The zero-order chi connectivity index (χ0) is 19.9. The lowest BCUT2D eigenvalue weighted by molar-refractivity contribution is 0.161. The first-order valence-corrected chi connectivity index (χ1v) is 10.7. The first-order chi connectivity index (χ1) is 13.6. The minimum atomic E-state index is 0. The smallest absolute Gasteiger partial charge is 0.191 e. The Labute approximate surface area is 192 Å². The number of aliphatic imine (C=N–C) groups is 1. The van der Waals surface area contributed by atoms with Crippen LogP contribution in [0.25, 0.3) is 11.0 Å². The molecular weight excluding hydrogens is 475 g/mol. The fourth-order valence-electron chi connectivity index (χ4n) is 4.15. The van der Waals surface area contributed by atoms with Crippen molar-refractivity contribution in [2.45, 2.75) is 52.1 Å². The lowest BCUT2D eigenvalue weighted by Crippen LogP contribution is -2.49. The Morgan fingerprint density at radius 1 is 1.10 bits per heavy atom. The second kappa shape index (κ2) is 11.7. The van der Waals surface area contributed by atoms with Crippen LogP contribution in [0, 0.1) is 5.92 Å². The van der Waals surface area contributed by atoms with Gasteiger partial charge in [-0.3, -0.25) is 9.89 Å². The lowest BCUT2D eigenvalue weighted by Gasteiger charge is -2.34. The van der Waals surface area contributed by atoms with Crippen LogP contribution in [0.1, 0.15) is 45.4 Å². The molecule has 1 aliphatic heterocycles. The van der Waals surface area contributed by atoms with Crippen LogP contribution in [-0.4, -0.2) is 53.1 Å². The number of nitrogens with one attached hydrogen (secondary N) is 2. The molecule has 0 bridgehead atoms. The number of aromatic nitrogens is 2. The standard InChI is InChI=1S/C22H36N6.HI/c1-17(2)20(28-13-9-5-6-10-14-28)15-24-22(23-3)25-16-21-26-18-11-7-8-12-19(18)27(21)4;/h7-8,11-12,17,20H,5-6,9-10,13-16H2,1-4H3,(H2,23,24,25);1H. The minimum Gasteiger partial charge on any atom is -0.355 e. The van der Waals surface area contributed by atoms with Crippen LogP contribution < -0.4 is 10.6 Å². The molecular formula is C22H37IN6. The average molecular weight is 512 g/mol. The number of guanidine groups is 1. The fourth-order valence-corrected chi connectivity index (χ4v) is 4.15. The zero-order valence-electron chi connectivity index (χ0n) is 18.3. The lowest BCUT2D eigenvalue weighted by atomic mass is 10.0. The summed E-state index contributed by atoms with van der Waals surface area (Å²) in [6.07, 6.45) is 5.39. The quantitative estimate of drug-likeness (QED) is 0.352. The molecule has 0 radical (unpaired) electrons. The van der Waals surface area contributed by atoms with Crippen molar-refractivity contribution in [3.8, 4) is 0 Å². The van der Waals surface area contributed by atoms with E-state index in [1.807, 2.05) is 13.1 Å². The monoisotopic (exact) mass is 512 g/mol. The Kier molecular flexibility index (Phi) is 9.68. The Bertz CT molecular complexity index is 777. The van der Waals surface area contributed by atoms with Crippen LogP contribution >= 0.6 is 24.0 Å². The fraction of sp³-hybridized carbons (Fsp3) is 0.636. The summed E-state index contributed by atoms with van der Waals surface area (Å²) in [6.45, 7) is 8.66. The number of halogens is 1. The van der Waals surface area contributed by atoms with E-state index in [0.717, 1.165) is 29.4 Å². The maximum atomic E-state index is 4.74. The zero-order valence-corrected chi connectivity index (χ0v) is 20.6. The summed E-state index contributed by atoms with van der Waals surface area (Å²) in [5.41, 5.74) is 2.19. The van der Waals surface area contributed by atoms with Gasteiger partial charge in [0, 0.05) is 26.7 Å². The van der Waals surface area contributed by atoms with Crippen molar-refractivity contribution < 1.29 is 0 Å². The molecule has 1 fully saturated rings. The number of aryl methyl sites for hydroxylation is 1. The van der Waals surface area contributed by atoms with E-state index < -0.39 is 0 Å². The summed E-state index contributed by atoms with van der Waals surface area (Å²) in [6, 6.07) is 8.78.